The standard InChI is InChI=1S/C27H42N2O.C25H35FN4O.C24H35N3O.2H2/c1-26(2,3)15-18-29-19-16-27(17-20-29)14-13-24(22-11-7-8-12-23(22)27)28(4)25(30)21-9-5-6-10-21;1-24(2,3)9-12-30-13-10-25(11-14-30)8-7-21(19-6-5-18(26)15-20(19)25)28-23(31)22-16-29(4)17-27-22;1-19(28)26-22-10-12-24(21-9-5-4-8-20(21)22)13-16-27(17-14-24)15-7-6-11-23(2,3)18-25;;/h7-8,11-12,21,24H,5-6,9-10,13-20H2,1-4H3;5-6,15-17,21H,7-14H2,1-4H3,(H,28,31);4-5,8-9,22H,6-7,10-17H2,1-3H3,(H,26,28);2*1H/t24-;21-;22-;;/m010../s1. The van der Waals surface area contributed by atoms with Gasteiger partial charge in [0.25, 0.3) is 5.91 Å². The van der Waals surface area contributed by atoms with Gasteiger partial charge in [0.1, 0.15) is 11.5 Å². The van der Waals surface area contributed by atoms with Crippen LogP contribution in [-0.4, -0.2) is 113 Å². The summed E-state index contributed by atoms with van der Waals surface area (Å²) in [5, 5.41) is 15.4. The Morgan fingerprint density at radius 3 is 1.63 bits per heavy atom. The van der Waals surface area contributed by atoms with E-state index in [0.717, 1.165) is 115 Å². The molecule has 0 bridgehead atoms. The smallest absolute Gasteiger partial charge is 0.271 e. The SMILES string of the molecule is CC(=O)N[C@H]1CCC2(CCN(CCCCC(C)(C)C#N)CC2)c2ccccc21.CN(C(=O)C1CCCC1)[C@H]1CCC2(CCN(CCC(C)(C)C)CC2)c2ccccc21.Cn1cnc(C(=O)N[C@@H]2CCC3(CCN(CCC(C)(C)C)CC3)c3cc(F)ccc32)c1.[HH].[HH]. The van der Waals surface area contributed by atoms with Gasteiger partial charge in [-0.05, 0) is 261 Å². The summed E-state index contributed by atoms with van der Waals surface area (Å²) in [5.74, 6) is 0.355. The highest BCUT2D eigenvalue weighted by Gasteiger charge is 2.46. The first-order chi connectivity index (χ1) is 42.3. The third-order valence-corrected chi connectivity index (χ3v) is 22.2. The van der Waals surface area contributed by atoms with Crippen LogP contribution < -0.4 is 10.6 Å². The summed E-state index contributed by atoms with van der Waals surface area (Å²) in [6, 6.07) is 25.7. The van der Waals surface area contributed by atoms with Crippen molar-refractivity contribution in [1.82, 2.24) is 39.8 Å². The number of benzene rings is 3. The summed E-state index contributed by atoms with van der Waals surface area (Å²) in [4.78, 5) is 51.6. The third kappa shape index (κ3) is 17.2. The first-order valence-electron chi connectivity index (χ1n) is 34.7. The fourth-order valence-corrected chi connectivity index (χ4v) is 16.4. The predicted molar refractivity (Wildman–Crippen MR) is 362 cm³/mol. The molecule has 89 heavy (non-hydrogen) atoms. The highest BCUT2D eigenvalue weighted by molar-refractivity contribution is 5.92. The molecule has 3 spiro atoms. The molecule has 3 atom stereocenters. The molecule has 2 N–H and O–H groups in total. The van der Waals surface area contributed by atoms with Gasteiger partial charge in [0.2, 0.25) is 11.8 Å². The first-order valence-corrected chi connectivity index (χ1v) is 34.7. The zero-order chi connectivity index (χ0) is 63.8. The van der Waals surface area contributed by atoms with Gasteiger partial charge in [0.05, 0.1) is 35.9 Å². The fourth-order valence-electron chi connectivity index (χ4n) is 16.4. The molecule has 3 saturated heterocycles. The Kier molecular flexibility index (Phi) is 22.2. The second-order valence-corrected chi connectivity index (χ2v) is 31.6. The summed E-state index contributed by atoms with van der Waals surface area (Å²) in [6.45, 7) is 29.9. The molecule has 0 radical (unpaired) electrons. The van der Waals surface area contributed by atoms with Gasteiger partial charge in [-0.2, -0.15) is 5.26 Å². The Morgan fingerprint density at radius 2 is 1.11 bits per heavy atom. The number of rotatable bonds is 14. The zero-order valence-electron chi connectivity index (χ0n) is 56.8. The molecule has 0 unspecified atom stereocenters. The van der Waals surface area contributed by atoms with E-state index in [1.54, 1.807) is 35.6 Å². The van der Waals surface area contributed by atoms with E-state index >= 15 is 0 Å². The molecule has 4 heterocycles. The van der Waals surface area contributed by atoms with E-state index in [1.165, 1.54) is 113 Å². The van der Waals surface area contributed by atoms with Crippen LogP contribution in [0.1, 0.15) is 262 Å². The lowest BCUT2D eigenvalue weighted by atomic mass is 9.63. The Hall–Kier alpha value is -5.42. The molecule has 3 amide bonds. The Bertz CT molecular complexity index is 3060. The van der Waals surface area contributed by atoms with Crippen LogP contribution in [0.4, 0.5) is 4.39 Å². The van der Waals surface area contributed by atoms with Crippen molar-refractivity contribution < 1.29 is 21.6 Å². The van der Waals surface area contributed by atoms with Gasteiger partial charge in [0, 0.05) is 36.0 Å². The number of halogens is 1. The highest BCUT2D eigenvalue weighted by atomic mass is 19.1. The van der Waals surface area contributed by atoms with Crippen molar-refractivity contribution in [3.63, 3.8) is 0 Å². The van der Waals surface area contributed by atoms with Gasteiger partial charge in [-0.25, -0.2) is 9.37 Å². The molecule has 1 saturated carbocycles. The molecule has 11 rings (SSSR count). The van der Waals surface area contributed by atoms with Gasteiger partial charge < -0.3 is 34.8 Å². The second-order valence-electron chi connectivity index (χ2n) is 31.6. The lowest BCUT2D eigenvalue weighted by molar-refractivity contribution is -0.136. The number of hydrogen-bond acceptors (Lipinski definition) is 8. The number of carbonyl (C=O) groups is 3. The maximum absolute atomic E-state index is 14.3. The van der Waals surface area contributed by atoms with Gasteiger partial charge in [-0.15, -0.1) is 0 Å². The number of imidazole rings is 1. The number of amides is 3. The van der Waals surface area contributed by atoms with E-state index in [2.05, 4.69) is 138 Å². The van der Waals surface area contributed by atoms with E-state index in [-0.39, 0.29) is 60.8 Å². The quantitative estimate of drug-likeness (QED) is 0.119. The molecule has 1 aromatic heterocycles. The number of aryl methyl sites for hydroxylation is 1. The molecule has 4 aromatic rings. The van der Waals surface area contributed by atoms with Crippen molar-refractivity contribution in [2.75, 3.05) is 66.0 Å². The molecule has 7 aliphatic rings. The van der Waals surface area contributed by atoms with Crippen molar-refractivity contribution >= 4 is 17.7 Å². The molecular weight excluding hydrogens is 1110 g/mol. The average molecular weight is 1220 g/mol. The van der Waals surface area contributed by atoms with Gasteiger partial charge >= 0.3 is 0 Å². The van der Waals surface area contributed by atoms with Gasteiger partial charge in [-0.1, -0.05) is 115 Å². The van der Waals surface area contributed by atoms with Crippen molar-refractivity contribution in [2.45, 2.75) is 232 Å². The molecule has 490 valence electrons. The topological polar surface area (TPSA) is 130 Å². The Morgan fingerprint density at radius 1 is 0.629 bits per heavy atom. The number of nitriles is 1. The van der Waals surface area contributed by atoms with E-state index in [1.807, 2.05) is 27.0 Å². The summed E-state index contributed by atoms with van der Waals surface area (Å²) in [5.41, 5.74) is 9.54. The third-order valence-electron chi connectivity index (χ3n) is 22.2. The van der Waals surface area contributed by atoms with Crippen LogP contribution in [0.3, 0.4) is 0 Å². The van der Waals surface area contributed by atoms with Gasteiger partial charge in [-0.3, -0.25) is 14.4 Å². The Balaban J connectivity index is 0.000000192. The monoisotopic (exact) mass is 1220 g/mol. The fraction of sp³-hybridized carbons (Fsp3) is 0.671. The number of likely N-dealkylation sites (tertiary alicyclic amines) is 3. The van der Waals surface area contributed by atoms with Crippen molar-refractivity contribution in [3.05, 3.63) is 124 Å². The number of nitrogens with one attached hydrogen (secondary N) is 2. The lowest BCUT2D eigenvalue weighted by Crippen LogP contribution is -2.47. The number of carbonyl (C=O) groups excluding carboxylic acids is 3. The summed E-state index contributed by atoms with van der Waals surface area (Å²) >= 11 is 0. The number of unbranched alkanes of at least 4 members (excludes halogenated alkanes) is 1. The average Bonchev–Trinajstić information content (AvgIpc) is 1.03. The van der Waals surface area contributed by atoms with Crippen LogP contribution in [0.2, 0.25) is 0 Å². The van der Waals surface area contributed by atoms with Crippen molar-refractivity contribution in [3.8, 4) is 6.07 Å². The van der Waals surface area contributed by atoms with Crippen LogP contribution >= 0.6 is 0 Å². The summed E-state index contributed by atoms with van der Waals surface area (Å²) < 4.78 is 16.1. The van der Waals surface area contributed by atoms with Crippen LogP contribution in [0.25, 0.3) is 0 Å². The predicted octanol–water partition coefficient (Wildman–Crippen LogP) is 15.7. The molecule has 3 aliphatic heterocycles. The Labute approximate surface area is 538 Å². The second kappa shape index (κ2) is 29.0. The zero-order valence-corrected chi connectivity index (χ0v) is 56.8. The molecule has 4 aliphatic carbocycles. The molecular formula is C76H116FN9O3. The highest BCUT2D eigenvalue weighted by Crippen LogP contribution is 2.52. The van der Waals surface area contributed by atoms with Gasteiger partial charge in [0.15, 0.2) is 0 Å². The lowest BCUT2D eigenvalue weighted by Gasteiger charge is -2.49. The maximum Gasteiger partial charge on any atom is 0.271 e. The van der Waals surface area contributed by atoms with E-state index < -0.39 is 0 Å². The van der Waals surface area contributed by atoms with Crippen LogP contribution in [0.5, 0.6) is 0 Å². The minimum Gasteiger partial charge on any atom is -0.350 e. The molecule has 3 aromatic carbocycles. The van der Waals surface area contributed by atoms with Crippen LogP contribution in [0.15, 0.2) is 79.3 Å². The van der Waals surface area contributed by atoms with E-state index in [0.29, 0.717) is 27.8 Å². The minimum atomic E-state index is -0.192. The molecule has 13 heteroatoms. The van der Waals surface area contributed by atoms with E-state index in [4.69, 9.17) is 5.26 Å². The molecule has 4 fully saturated rings. The summed E-state index contributed by atoms with van der Waals surface area (Å²) in [6.07, 6.45) is 27.2. The van der Waals surface area contributed by atoms with Crippen LogP contribution in [0, 0.1) is 39.3 Å². The van der Waals surface area contributed by atoms with Crippen molar-refractivity contribution in [2.24, 2.45) is 29.2 Å². The number of aromatic nitrogens is 2. The summed E-state index contributed by atoms with van der Waals surface area (Å²) in [7, 11) is 3.91. The number of fused-ring (bicyclic) bond motifs is 6. The maximum atomic E-state index is 14.3. The van der Waals surface area contributed by atoms with Crippen LogP contribution in [-0.2, 0) is 32.9 Å². The number of hydrogen-bond donors (Lipinski definition) is 2. The molecule has 12 nitrogen and oxygen atoms in total. The number of nitrogens with zero attached hydrogens (tertiary/aromatic N) is 7. The number of piperidine rings is 3. The largest absolute Gasteiger partial charge is 0.350 e. The first kappa shape index (κ1) is 68.0. The van der Waals surface area contributed by atoms with E-state index in [9.17, 15) is 18.8 Å². The van der Waals surface area contributed by atoms with Crippen molar-refractivity contribution in [1.29, 1.82) is 5.26 Å². The minimum absolute atomic E-state index is 0. The normalized spacial score (nSPS) is 22.5.